The maximum atomic E-state index is 9.64. The van der Waals surface area contributed by atoms with Crippen molar-refractivity contribution in [1.29, 1.82) is 0 Å². The van der Waals surface area contributed by atoms with Crippen LogP contribution in [0.15, 0.2) is 30.5 Å². The highest BCUT2D eigenvalue weighted by Gasteiger charge is 2.19. The lowest BCUT2D eigenvalue weighted by Crippen LogP contribution is -2.22. The van der Waals surface area contributed by atoms with Crippen LogP contribution in [0.3, 0.4) is 0 Å². The van der Waals surface area contributed by atoms with E-state index in [1.165, 1.54) is 0 Å². The van der Waals surface area contributed by atoms with Crippen LogP contribution in [0, 0.1) is 0 Å². The summed E-state index contributed by atoms with van der Waals surface area (Å²) in [6, 6.07) is 7.88. The van der Waals surface area contributed by atoms with Gasteiger partial charge in [0.25, 0.3) is 0 Å². The normalized spacial score (nSPS) is 18.4. The van der Waals surface area contributed by atoms with Gasteiger partial charge in [0.2, 0.25) is 0 Å². The summed E-state index contributed by atoms with van der Waals surface area (Å²) in [5.74, 6) is 1.80. The van der Waals surface area contributed by atoms with Gasteiger partial charge in [0, 0.05) is 24.7 Å². The van der Waals surface area contributed by atoms with Crippen LogP contribution >= 0.6 is 0 Å². The Labute approximate surface area is 106 Å². The highest BCUT2D eigenvalue weighted by atomic mass is 16.5. The molecule has 4 heteroatoms. The summed E-state index contributed by atoms with van der Waals surface area (Å²) in [7, 11) is 1.66. The molecule has 0 aliphatic carbocycles. The number of imidazole rings is 1. The molecule has 2 aromatic rings. The molecule has 0 radical (unpaired) electrons. The van der Waals surface area contributed by atoms with Gasteiger partial charge in [-0.3, -0.25) is 0 Å². The zero-order valence-corrected chi connectivity index (χ0v) is 10.3. The van der Waals surface area contributed by atoms with Crippen molar-refractivity contribution in [2.75, 3.05) is 7.11 Å². The molecule has 1 unspecified atom stereocenters. The summed E-state index contributed by atoms with van der Waals surface area (Å²) in [5.41, 5.74) is 1.99. The number of methoxy groups -OCH3 is 1. The zero-order valence-electron chi connectivity index (χ0n) is 10.3. The van der Waals surface area contributed by atoms with Crippen molar-refractivity contribution in [3.8, 4) is 17.0 Å². The van der Waals surface area contributed by atoms with Crippen molar-refractivity contribution in [2.45, 2.75) is 25.5 Å². The molecule has 1 N–H and O–H groups in total. The second-order valence-electron chi connectivity index (χ2n) is 4.61. The van der Waals surface area contributed by atoms with Gasteiger partial charge in [0.05, 0.1) is 18.9 Å². The number of rotatable bonds is 2. The van der Waals surface area contributed by atoms with Crippen molar-refractivity contribution in [3.05, 3.63) is 36.3 Å². The number of aromatic nitrogens is 2. The third kappa shape index (κ3) is 1.99. The summed E-state index contributed by atoms with van der Waals surface area (Å²) < 4.78 is 7.35. The van der Waals surface area contributed by atoms with Gasteiger partial charge in [-0.05, 0) is 18.6 Å². The molecule has 94 valence electrons. The minimum atomic E-state index is -0.252. The molecule has 1 aromatic carbocycles. The Morgan fingerprint density at radius 1 is 1.44 bits per heavy atom. The van der Waals surface area contributed by atoms with Crippen molar-refractivity contribution < 1.29 is 9.84 Å². The van der Waals surface area contributed by atoms with E-state index in [4.69, 9.17) is 4.74 Å². The van der Waals surface area contributed by atoms with E-state index in [-0.39, 0.29) is 6.10 Å². The molecule has 1 aromatic heterocycles. The zero-order chi connectivity index (χ0) is 12.5. The van der Waals surface area contributed by atoms with E-state index in [0.717, 1.165) is 35.8 Å². The highest BCUT2D eigenvalue weighted by molar-refractivity contribution is 5.60. The smallest absolute Gasteiger partial charge is 0.119 e. The lowest BCUT2D eigenvalue weighted by atomic mass is 10.1. The van der Waals surface area contributed by atoms with Crippen LogP contribution in [0.4, 0.5) is 0 Å². The lowest BCUT2D eigenvalue weighted by Gasteiger charge is -2.18. The Morgan fingerprint density at radius 3 is 3.17 bits per heavy atom. The summed E-state index contributed by atoms with van der Waals surface area (Å²) in [6.45, 7) is 0.841. The molecule has 3 rings (SSSR count). The number of hydrogen-bond donors (Lipinski definition) is 1. The summed E-state index contributed by atoms with van der Waals surface area (Å²) >= 11 is 0. The quantitative estimate of drug-likeness (QED) is 0.877. The third-order valence-corrected chi connectivity index (χ3v) is 3.35. The van der Waals surface area contributed by atoms with Crippen LogP contribution in [0.25, 0.3) is 11.3 Å². The van der Waals surface area contributed by atoms with E-state index in [9.17, 15) is 5.11 Å². The van der Waals surface area contributed by atoms with Gasteiger partial charge in [-0.1, -0.05) is 12.1 Å². The molecular weight excluding hydrogens is 228 g/mol. The van der Waals surface area contributed by atoms with E-state index >= 15 is 0 Å². The summed E-state index contributed by atoms with van der Waals surface area (Å²) in [5, 5.41) is 9.64. The van der Waals surface area contributed by atoms with Gasteiger partial charge in [0.1, 0.15) is 11.6 Å². The van der Waals surface area contributed by atoms with Crippen molar-refractivity contribution in [2.24, 2.45) is 0 Å². The van der Waals surface area contributed by atoms with Gasteiger partial charge in [-0.25, -0.2) is 4.98 Å². The van der Waals surface area contributed by atoms with Crippen LogP contribution in [-0.4, -0.2) is 27.9 Å². The highest BCUT2D eigenvalue weighted by Crippen LogP contribution is 2.25. The second-order valence-corrected chi connectivity index (χ2v) is 4.61. The number of hydrogen-bond acceptors (Lipinski definition) is 3. The van der Waals surface area contributed by atoms with Gasteiger partial charge < -0.3 is 14.4 Å². The minimum Gasteiger partial charge on any atom is -0.497 e. The Bertz CT molecular complexity index is 563. The number of aliphatic hydroxyl groups is 1. The van der Waals surface area contributed by atoms with E-state index in [2.05, 4.69) is 15.7 Å². The number of nitrogens with zero attached hydrogens (tertiary/aromatic N) is 2. The van der Waals surface area contributed by atoms with Crippen LogP contribution < -0.4 is 4.74 Å². The maximum Gasteiger partial charge on any atom is 0.119 e. The Kier molecular flexibility index (Phi) is 2.80. The molecule has 0 saturated carbocycles. The van der Waals surface area contributed by atoms with Crippen molar-refractivity contribution in [1.82, 2.24) is 9.55 Å². The van der Waals surface area contributed by atoms with Crippen molar-refractivity contribution in [3.63, 3.8) is 0 Å². The van der Waals surface area contributed by atoms with Gasteiger partial charge >= 0.3 is 0 Å². The van der Waals surface area contributed by atoms with E-state index < -0.39 is 0 Å². The van der Waals surface area contributed by atoms with E-state index in [1.807, 2.05) is 24.3 Å². The Morgan fingerprint density at radius 2 is 2.33 bits per heavy atom. The Hall–Kier alpha value is -1.81. The molecule has 4 nitrogen and oxygen atoms in total. The van der Waals surface area contributed by atoms with E-state index in [1.54, 1.807) is 7.11 Å². The van der Waals surface area contributed by atoms with Crippen LogP contribution in [0.1, 0.15) is 12.2 Å². The lowest BCUT2D eigenvalue weighted by molar-refractivity contribution is 0.141. The molecule has 1 atom stereocenters. The number of aryl methyl sites for hydroxylation is 1. The summed E-state index contributed by atoms with van der Waals surface area (Å²) in [6.07, 6.45) is 3.25. The number of benzene rings is 1. The molecular formula is C14H16N2O2. The molecule has 1 aliphatic heterocycles. The minimum absolute atomic E-state index is 0.252. The predicted molar refractivity (Wildman–Crippen MR) is 68.5 cm³/mol. The fourth-order valence-corrected chi connectivity index (χ4v) is 2.33. The first-order valence-electron chi connectivity index (χ1n) is 6.15. The molecule has 0 amide bonds. The Balaban J connectivity index is 1.97. The average molecular weight is 244 g/mol. The number of ether oxygens (including phenoxy) is 1. The average Bonchev–Trinajstić information content (AvgIpc) is 2.81. The van der Waals surface area contributed by atoms with E-state index in [0.29, 0.717) is 6.42 Å². The monoisotopic (exact) mass is 244 g/mol. The largest absolute Gasteiger partial charge is 0.497 e. The predicted octanol–water partition coefficient (Wildman–Crippen LogP) is 1.87. The van der Waals surface area contributed by atoms with Gasteiger partial charge in [-0.2, -0.15) is 0 Å². The van der Waals surface area contributed by atoms with Crippen LogP contribution in [-0.2, 0) is 13.0 Å². The first-order chi connectivity index (χ1) is 8.76. The maximum absolute atomic E-state index is 9.64. The van der Waals surface area contributed by atoms with Crippen molar-refractivity contribution >= 4 is 0 Å². The molecule has 18 heavy (non-hydrogen) atoms. The summed E-state index contributed by atoms with van der Waals surface area (Å²) in [4.78, 5) is 4.59. The SMILES string of the molecule is COc1cccc(-c2cn3c(n2)CC(O)CC3)c1. The fourth-order valence-electron chi connectivity index (χ4n) is 2.33. The standard InChI is InChI=1S/C14H16N2O2/c1-18-12-4-2-3-10(7-12)13-9-16-6-5-11(17)8-14(16)15-13/h2-4,7,9,11,17H,5-6,8H2,1H3. The van der Waals surface area contributed by atoms with Gasteiger partial charge in [0.15, 0.2) is 0 Å². The first-order valence-corrected chi connectivity index (χ1v) is 6.15. The van der Waals surface area contributed by atoms with Gasteiger partial charge in [-0.15, -0.1) is 0 Å². The number of aliphatic hydroxyl groups excluding tert-OH is 1. The van der Waals surface area contributed by atoms with Crippen LogP contribution in [0.2, 0.25) is 0 Å². The molecule has 2 heterocycles. The third-order valence-electron chi connectivity index (χ3n) is 3.35. The molecule has 0 bridgehead atoms. The molecule has 0 spiro atoms. The van der Waals surface area contributed by atoms with Crippen LogP contribution in [0.5, 0.6) is 5.75 Å². The molecule has 0 fully saturated rings. The number of fused-ring (bicyclic) bond motifs is 1. The topological polar surface area (TPSA) is 47.3 Å². The first kappa shape index (κ1) is 11.3. The fraction of sp³-hybridized carbons (Fsp3) is 0.357. The molecule has 0 saturated heterocycles. The second kappa shape index (κ2) is 4.46. The molecule has 1 aliphatic rings.